The van der Waals surface area contributed by atoms with Crippen LogP contribution in [0.3, 0.4) is 0 Å². The van der Waals surface area contributed by atoms with Gasteiger partial charge in [-0.15, -0.1) is 0 Å². The number of furan rings is 1. The zero-order chi connectivity index (χ0) is 18.6. The van der Waals surface area contributed by atoms with E-state index in [1.165, 1.54) is 31.2 Å². The highest BCUT2D eigenvalue weighted by atomic mass is 35.5. The van der Waals surface area contributed by atoms with Crippen molar-refractivity contribution in [3.05, 3.63) is 59.0 Å². The lowest BCUT2D eigenvalue weighted by Crippen LogP contribution is -2.37. The summed E-state index contributed by atoms with van der Waals surface area (Å²) in [6, 6.07) is 9.82. The SMILES string of the molecule is NCC1CCCC(CN2Cc3ccc(Cl)cc3N=C2C=Cc2ccco2)C1. The number of rotatable bonds is 5. The van der Waals surface area contributed by atoms with Crippen LogP contribution in [0.5, 0.6) is 0 Å². The summed E-state index contributed by atoms with van der Waals surface area (Å²) < 4.78 is 5.43. The molecule has 4 nitrogen and oxygen atoms in total. The topological polar surface area (TPSA) is 54.8 Å². The summed E-state index contributed by atoms with van der Waals surface area (Å²) >= 11 is 6.18. The second-order valence-electron chi connectivity index (χ2n) is 7.61. The normalized spacial score (nSPS) is 22.7. The van der Waals surface area contributed by atoms with Crippen LogP contribution in [0, 0.1) is 11.8 Å². The van der Waals surface area contributed by atoms with E-state index in [2.05, 4.69) is 11.0 Å². The van der Waals surface area contributed by atoms with Crippen molar-refractivity contribution in [3.8, 4) is 0 Å². The van der Waals surface area contributed by atoms with Crippen LogP contribution < -0.4 is 5.73 Å². The van der Waals surface area contributed by atoms with E-state index >= 15 is 0 Å². The molecule has 2 aliphatic rings. The fourth-order valence-electron chi connectivity index (χ4n) is 4.19. The maximum atomic E-state index is 6.18. The van der Waals surface area contributed by atoms with E-state index in [1.807, 2.05) is 36.4 Å². The van der Waals surface area contributed by atoms with Gasteiger partial charge in [0.1, 0.15) is 11.6 Å². The summed E-state index contributed by atoms with van der Waals surface area (Å²) in [5, 5.41) is 0.721. The molecule has 1 saturated carbocycles. The first-order valence-electron chi connectivity index (χ1n) is 9.75. The number of nitrogens with two attached hydrogens (primary N) is 1. The van der Waals surface area contributed by atoms with Crippen LogP contribution in [0.25, 0.3) is 6.08 Å². The number of aliphatic imine (C=N–C) groups is 1. The Bertz CT molecular complexity index is 828. The first-order chi connectivity index (χ1) is 13.2. The largest absolute Gasteiger partial charge is 0.465 e. The second-order valence-corrected chi connectivity index (χ2v) is 8.04. The molecule has 27 heavy (non-hydrogen) atoms. The van der Waals surface area contributed by atoms with E-state index in [0.717, 1.165) is 41.9 Å². The third-order valence-corrected chi connectivity index (χ3v) is 5.85. The number of nitrogens with zero attached hydrogens (tertiary/aromatic N) is 2. The van der Waals surface area contributed by atoms with Gasteiger partial charge in [-0.05, 0) is 79.6 Å². The van der Waals surface area contributed by atoms with Crippen molar-refractivity contribution >= 4 is 29.2 Å². The molecule has 1 aliphatic carbocycles. The minimum Gasteiger partial charge on any atom is -0.465 e. The summed E-state index contributed by atoms with van der Waals surface area (Å²) in [4.78, 5) is 7.28. The van der Waals surface area contributed by atoms with Crippen molar-refractivity contribution in [2.75, 3.05) is 13.1 Å². The molecular weight excluding hydrogens is 358 g/mol. The average Bonchev–Trinajstić information content (AvgIpc) is 3.20. The Labute approximate surface area is 165 Å². The van der Waals surface area contributed by atoms with E-state index in [4.69, 9.17) is 26.7 Å². The molecule has 1 fully saturated rings. The Balaban J connectivity index is 1.57. The van der Waals surface area contributed by atoms with Gasteiger partial charge in [-0.1, -0.05) is 24.1 Å². The maximum Gasteiger partial charge on any atom is 0.129 e. The molecule has 2 atom stereocenters. The highest BCUT2D eigenvalue weighted by Gasteiger charge is 2.26. The van der Waals surface area contributed by atoms with E-state index in [0.29, 0.717) is 11.8 Å². The molecule has 0 bridgehead atoms. The van der Waals surface area contributed by atoms with Crippen molar-refractivity contribution in [1.29, 1.82) is 0 Å². The van der Waals surface area contributed by atoms with Crippen molar-refractivity contribution in [2.45, 2.75) is 32.2 Å². The Morgan fingerprint density at radius 3 is 2.93 bits per heavy atom. The fourth-order valence-corrected chi connectivity index (χ4v) is 4.36. The second kappa shape index (κ2) is 8.32. The minimum atomic E-state index is 0.665. The van der Waals surface area contributed by atoms with Gasteiger partial charge in [0.15, 0.2) is 0 Å². The first-order valence-corrected chi connectivity index (χ1v) is 10.1. The van der Waals surface area contributed by atoms with Gasteiger partial charge in [0.05, 0.1) is 12.0 Å². The molecule has 2 aromatic rings. The first kappa shape index (κ1) is 18.3. The minimum absolute atomic E-state index is 0.665. The molecule has 2 N–H and O–H groups in total. The molecule has 4 rings (SSSR count). The van der Waals surface area contributed by atoms with Crippen LogP contribution in [-0.2, 0) is 6.54 Å². The predicted molar refractivity (Wildman–Crippen MR) is 111 cm³/mol. The van der Waals surface area contributed by atoms with Gasteiger partial charge in [0, 0.05) is 18.1 Å². The lowest BCUT2D eigenvalue weighted by molar-refractivity contribution is 0.221. The van der Waals surface area contributed by atoms with Crippen LogP contribution in [-0.4, -0.2) is 23.8 Å². The van der Waals surface area contributed by atoms with Crippen LogP contribution in [0.2, 0.25) is 5.02 Å². The van der Waals surface area contributed by atoms with Crippen LogP contribution in [0.15, 0.2) is 52.1 Å². The molecule has 1 aromatic carbocycles. The van der Waals surface area contributed by atoms with E-state index in [-0.39, 0.29) is 0 Å². The molecule has 1 aliphatic heterocycles. The highest BCUT2D eigenvalue weighted by molar-refractivity contribution is 6.30. The number of halogens is 1. The number of hydrogen-bond acceptors (Lipinski definition) is 4. The summed E-state index contributed by atoms with van der Waals surface area (Å²) in [6.45, 7) is 2.68. The summed E-state index contributed by atoms with van der Waals surface area (Å²) in [5.41, 5.74) is 8.12. The van der Waals surface area contributed by atoms with Gasteiger partial charge in [-0.25, -0.2) is 4.99 Å². The molecule has 1 aromatic heterocycles. The van der Waals surface area contributed by atoms with E-state index < -0.39 is 0 Å². The molecule has 0 spiro atoms. The molecular formula is C22H26ClN3O. The van der Waals surface area contributed by atoms with Gasteiger partial charge >= 0.3 is 0 Å². The van der Waals surface area contributed by atoms with E-state index in [1.54, 1.807) is 6.26 Å². The Hall–Kier alpha value is -2.04. The van der Waals surface area contributed by atoms with Crippen molar-refractivity contribution < 1.29 is 4.42 Å². The molecule has 2 unspecified atom stereocenters. The number of fused-ring (bicyclic) bond motifs is 1. The molecule has 0 amide bonds. The Morgan fingerprint density at radius 2 is 2.11 bits per heavy atom. The third kappa shape index (κ3) is 4.45. The summed E-state index contributed by atoms with van der Waals surface area (Å²) in [6.07, 6.45) is 10.8. The van der Waals surface area contributed by atoms with Gasteiger partial charge < -0.3 is 15.1 Å². The van der Waals surface area contributed by atoms with Crippen molar-refractivity contribution in [3.63, 3.8) is 0 Å². The van der Waals surface area contributed by atoms with Gasteiger partial charge in [0.2, 0.25) is 0 Å². The molecule has 5 heteroatoms. The Kier molecular flexibility index (Phi) is 5.65. The summed E-state index contributed by atoms with van der Waals surface area (Å²) in [5.74, 6) is 3.13. The lowest BCUT2D eigenvalue weighted by atomic mass is 9.81. The Morgan fingerprint density at radius 1 is 1.22 bits per heavy atom. The van der Waals surface area contributed by atoms with Gasteiger partial charge in [-0.3, -0.25) is 0 Å². The zero-order valence-electron chi connectivity index (χ0n) is 15.5. The van der Waals surface area contributed by atoms with Crippen molar-refractivity contribution in [1.82, 2.24) is 4.90 Å². The quantitative estimate of drug-likeness (QED) is 0.766. The molecule has 0 radical (unpaired) electrons. The number of amidine groups is 1. The maximum absolute atomic E-state index is 6.18. The van der Waals surface area contributed by atoms with Crippen LogP contribution >= 0.6 is 11.6 Å². The van der Waals surface area contributed by atoms with Crippen molar-refractivity contribution in [2.24, 2.45) is 22.6 Å². The standard InChI is InChI=1S/C22H26ClN3O/c23-19-7-6-18-15-26(14-17-4-1-3-16(11-17)13-24)22(25-21(18)12-19)9-8-20-5-2-10-27-20/h2,5-10,12,16-17H,1,3-4,11,13-15,24H2. The average molecular weight is 384 g/mol. The molecule has 0 saturated heterocycles. The summed E-state index contributed by atoms with van der Waals surface area (Å²) in [7, 11) is 0. The van der Waals surface area contributed by atoms with E-state index in [9.17, 15) is 0 Å². The lowest BCUT2D eigenvalue weighted by Gasteiger charge is -2.36. The third-order valence-electron chi connectivity index (χ3n) is 5.61. The smallest absolute Gasteiger partial charge is 0.129 e. The van der Waals surface area contributed by atoms with Gasteiger partial charge in [-0.2, -0.15) is 0 Å². The van der Waals surface area contributed by atoms with Crippen LogP contribution in [0.4, 0.5) is 5.69 Å². The fraction of sp³-hybridized carbons (Fsp3) is 0.409. The molecule has 142 valence electrons. The van der Waals surface area contributed by atoms with Crippen LogP contribution in [0.1, 0.15) is 37.0 Å². The number of hydrogen-bond donors (Lipinski definition) is 1. The molecule has 2 heterocycles. The zero-order valence-corrected chi connectivity index (χ0v) is 16.2. The monoisotopic (exact) mass is 383 g/mol. The van der Waals surface area contributed by atoms with Gasteiger partial charge in [0.25, 0.3) is 0 Å². The number of benzene rings is 1. The highest BCUT2D eigenvalue weighted by Crippen LogP contribution is 2.33. The predicted octanol–water partition coefficient (Wildman–Crippen LogP) is 5.26.